The van der Waals surface area contributed by atoms with Crippen molar-refractivity contribution in [2.75, 3.05) is 37.6 Å². The maximum Gasteiger partial charge on any atom is 0.417 e. The summed E-state index contributed by atoms with van der Waals surface area (Å²) in [5.41, 5.74) is 3.62. The number of rotatable bonds is 3. The normalized spacial score (nSPS) is 19.3. The molecule has 2 heterocycles. The van der Waals surface area contributed by atoms with Gasteiger partial charge in [0.1, 0.15) is 0 Å². The molecule has 1 amide bonds. The summed E-state index contributed by atoms with van der Waals surface area (Å²) < 4.78 is 5.27. The van der Waals surface area contributed by atoms with Crippen LogP contribution >= 0.6 is 0 Å². The Labute approximate surface area is 171 Å². The molecule has 0 saturated carbocycles. The van der Waals surface area contributed by atoms with Gasteiger partial charge >= 0.3 is 12.1 Å². The Bertz CT molecular complexity index is 875. The highest BCUT2D eigenvalue weighted by atomic mass is 16.6. The predicted octanol–water partition coefficient (Wildman–Crippen LogP) is 3.52. The molecule has 0 aliphatic carbocycles. The molecule has 6 nitrogen and oxygen atoms in total. The number of esters is 1. The highest BCUT2D eigenvalue weighted by Crippen LogP contribution is 2.25. The van der Waals surface area contributed by atoms with E-state index in [0.717, 1.165) is 37.2 Å². The van der Waals surface area contributed by atoms with Gasteiger partial charge in [-0.05, 0) is 37.5 Å². The number of anilines is 1. The SMILES string of the molecule is Cc1ccc(C2CN(C(=O)OC(=O)c3ccccc3N3CCCC3)CCN2)cc1. The fourth-order valence-electron chi connectivity index (χ4n) is 4.02. The van der Waals surface area contributed by atoms with Crippen molar-refractivity contribution in [3.05, 3.63) is 65.2 Å². The molecular formula is C23H27N3O3. The summed E-state index contributed by atoms with van der Waals surface area (Å²) in [7, 11) is 0. The van der Waals surface area contributed by atoms with Gasteiger partial charge in [-0.15, -0.1) is 0 Å². The van der Waals surface area contributed by atoms with Gasteiger partial charge in [0.25, 0.3) is 0 Å². The minimum absolute atomic E-state index is 0.0314. The lowest BCUT2D eigenvalue weighted by atomic mass is 10.0. The lowest BCUT2D eigenvalue weighted by Gasteiger charge is -2.33. The predicted molar refractivity (Wildman–Crippen MR) is 112 cm³/mol. The molecule has 2 aliphatic heterocycles. The van der Waals surface area contributed by atoms with Crippen LogP contribution in [0, 0.1) is 6.92 Å². The molecule has 2 saturated heterocycles. The zero-order valence-corrected chi connectivity index (χ0v) is 16.8. The Morgan fingerprint density at radius 2 is 1.72 bits per heavy atom. The van der Waals surface area contributed by atoms with Gasteiger partial charge in [-0.1, -0.05) is 42.0 Å². The van der Waals surface area contributed by atoms with Crippen molar-refractivity contribution in [2.24, 2.45) is 0 Å². The topological polar surface area (TPSA) is 61.9 Å². The van der Waals surface area contributed by atoms with E-state index in [-0.39, 0.29) is 6.04 Å². The van der Waals surface area contributed by atoms with Crippen LogP contribution in [0.4, 0.5) is 10.5 Å². The summed E-state index contributed by atoms with van der Waals surface area (Å²) in [6.07, 6.45) is 1.65. The number of amides is 1. The van der Waals surface area contributed by atoms with Crippen molar-refractivity contribution in [2.45, 2.75) is 25.8 Å². The molecule has 0 aromatic heterocycles. The van der Waals surface area contributed by atoms with E-state index < -0.39 is 12.1 Å². The van der Waals surface area contributed by atoms with Crippen molar-refractivity contribution < 1.29 is 14.3 Å². The molecule has 0 bridgehead atoms. The van der Waals surface area contributed by atoms with Gasteiger partial charge in [0, 0.05) is 32.7 Å². The second-order valence-corrected chi connectivity index (χ2v) is 7.73. The number of nitrogens with zero attached hydrogens (tertiary/aromatic N) is 2. The number of hydrogen-bond donors (Lipinski definition) is 1. The molecular weight excluding hydrogens is 366 g/mol. The highest BCUT2D eigenvalue weighted by Gasteiger charge is 2.28. The number of carbonyl (C=O) groups excluding carboxylic acids is 2. The molecule has 2 aromatic rings. The third kappa shape index (κ3) is 4.43. The van der Waals surface area contributed by atoms with Gasteiger partial charge in [-0.2, -0.15) is 0 Å². The lowest BCUT2D eigenvalue weighted by Crippen LogP contribution is -2.48. The number of aryl methyl sites for hydroxylation is 1. The summed E-state index contributed by atoms with van der Waals surface area (Å²) in [6.45, 7) is 5.55. The molecule has 2 aromatic carbocycles. The van der Waals surface area contributed by atoms with Gasteiger partial charge in [-0.25, -0.2) is 9.59 Å². The van der Waals surface area contributed by atoms with E-state index in [1.165, 1.54) is 5.56 Å². The van der Waals surface area contributed by atoms with Gasteiger partial charge in [0.05, 0.1) is 17.3 Å². The van der Waals surface area contributed by atoms with Crippen LogP contribution < -0.4 is 10.2 Å². The number of benzene rings is 2. The number of nitrogens with one attached hydrogen (secondary N) is 1. The summed E-state index contributed by atoms with van der Waals surface area (Å²) in [4.78, 5) is 29.2. The van der Waals surface area contributed by atoms with E-state index in [9.17, 15) is 9.59 Å². The Morgan fingerprint density at radius 3 is 2.48 bits per heavy atom. The van der Waals surface area contributed by atoms with Crippen LogP contribution in [0.2, 0.25) is 0 Å². The number of piperazine rings is 1. The summed E-state index contributed by atoms with van der Waals surface area (Å²) >= 11 is 0. The Morgan fingerprint density at radius 1 is 1.00 bits per heavy atom. The zero-order chi connectivity index (χ0) is 20.2. The largest absolute Gasteiger partial charge is 0.417 e. The van der Waals surface area contributed by atoms with Crippen molar-refractivity contribution in [1.82, 2.24) is 10.2 Å². The van der Waals surface area contributed by atoms with Crippen LogP contribution in [0.3, 0.4) is 0 Å². The first kappa shape index (κ1) is 19.5. The molecule has 29 heavy (non-hydrogen) atoms. The second-order valence-electron chi connectivity index (χ2n) is 7.73. The monoisotopic (exact) mass is 393 g/mol. The lowest BCUT2D eigenvalue weighted by molar-refractivity contribution is 0.0517. The molecule has 2 aliphatic rings. The molecule has 4 rings (SSSR count). The quantitative estimate of drug-likeness (QED) is 0.639. The van der Waals surface area contributed by atoms with Crippen LogP contribution in [0.5, 0.6) is 0 Å². The van der Waals surface area contributed by atoms with E-state index in [2.05, 4.69) is 34.5 Å². The molecule has 6 heteroatoms. The maximum atomic E-state index is 12.8. The van der Waals surface area contributed by atoms with E-state index in [0.29, 0.717) is 25.2 Å². The smallest absolute Gasteiger partial charge is 0.372 e. The van der Waals surface area contributed by atoms with Crippen LogP contribution in [0.15, 0.2) is 48.5 Å². The molecule has 1 N–H and O–H groups in total. The average Bonchev–Trinajstić information content (AvgIpc) is 3.29. The molecule has 1 unspecified atom stereocenters. The fourth-order valence-corrected chi connectivity index (χ4v) is 4.02. The first-order valence-electron chi connectivity index (χ1n) is 10.3. The van der Waals surface area contributed by atoms with Crippen LogP contribution in [-0.2, 0) is 4.74 Å². The van der Waals surface area contributed by atoms with Crippen molar-refractivity contribution in [3.63, 3.8) is 0 Å². The summed E-state index contributed by atoms with van der Waals surface area (Å²) in [5, 5.41) is 3.43. The third-order valence-electron chi connectivity index (χ3n) is 5.66. The van der Waals surface area contributed by atoms with Crippen molar-refractivity contribution in [1.29, 1.82) is 0 Å². The van der Waals surface area contributed by atoms with E-state index in [1.807, 2.05) is 19.1 Å². The van der Waals surface area contributed by atoms with E-state index in [4.69, 9.17) is 4.74 Å². The molecule has 2 fully saturated rings. The fraction of sp³-hybridized carbons (Fsp3) is 0.391. The Hall–Kier alpha value is -2.86. The Kier molecular flexibility index (Phi) is 5.81. The van der Waals surface area contributed by atoms with Gasteiger partial charge < -0.3 is 19.9 Å². The minimum Gasteiger partial charge on any atom is -0.372 e. The van der Waals surface area contributed by atoms with Gasteiger partial charge in [0.15, 0.2) is 0 Å². The van der Waals surface area contributed by atoms with E-state index >= 15 is 0 Å². The van der Waals surface area contributed by atoms with Crippen LogP contribution in [-0.4, -0.2) is 49.7 Å². The average molecular weight is 393 g/mol. The third-order valence-corrected chi connectivity index (χ3v) is 5.66. The van der Waals surface area contributed by atoms with Crippen molar-refractivity contribution >= 4 is 17.7 Å². The molecule has 0 radical (unpaired) electrons. The number of hydrogen-bond acceptors (Lipinski definition) is 5. The molecule has 152 valence electrons. The van der Waals surface area contributed by atoms with Crippen molar-refractivity contribution in [3.8, 4) is 0 Å². The maximum absolute atomic E-state index is 12.8. The number of para-hydroxylation sites is 1. The first-order chi connectivity index (χ1) is 14.1. The number of ether oxygens (including phenoxy) is 1. The summed E-state index contributed by atoms with van der Waals surface area (Å²) in [6, 6.07) is 15.7. The Balaban J connectivity index is 1.42. The summed E-state index contributed by atoms with van der Waals surface area (Å²) in [5.74, 6) is -0.581. The first-order valence-corrected chi connectivity index (χ1v) is 10.3. The zero-order valence-electron chi connectivity index (χ0n) is 16.8. The minimum atomic E-state index is -0.581. The van der Waals surface area contributed by atoms with Gasteiger partial charge in [0.2, 0.25) is 0 Å². The standard InChI is InChI=1S/C23H27N3O3/c1-17-8-10-18(11-9-17)20-16-26(15-12-24-20)23(28)29-22(27)19-6-2-3-7-21(19)25-13-4-5-14-25/h2-3,6-11,20,24H,4-5,12-16H2,1H3. The van der Waals surface area contributed by atoms with E-state index in [1.54, 1.807) is 17.0 Å². The highest BCUT2D eigenvalue weighted by molar-refractivity contribution is 6.01. The molecule has 1 atom stereocenters. The van der Waals surface area contributed by atoms with Gasteiger partial charge in [-0.3, -0.25) is 0 Å². The van der Waals surface area contributed by atoms with Crippen LogP contribution in [0.25, 0.3) is 0 Å². The second kappa shape index (κ2) is 8.66. The number of carbonyl (C=O) groups is 2. The van der Waals surface area contributed by atoms with Crippen LogP contribution in [0.1, 0.15) is 40.4 Å². The molecule has 0 spiro atoms.